The van der Waals surface area contributed by atoms with Crippen LogP contribution in [-0.2, 0) is 6.54 Å². The van der Waals surface area contributed by atoms with Crippen molar-refractivity contribution < 1.29 is 4.39 Å². The molecule has 0 radical (unpaired) electrons. The van der Waals surface area contributed by atoms with Crippen LogP contribution in [-0.4, -0.2) is 29.5 Å². The topological polar surface area (TPSA) is 80.9 Å². The van der Waals surface area contributed by atoms with E-state index in [1.54, 1.807) is 53.8 Å². The Bertz CT molecular complexity index is 1370. The molecule has 8 heteroatoms. The number of anilines is 1. The van der Waals surface area contributed by atoms with Gasteiger partial charge in [0.2, 0.25) is 0 Å². The minimum atomic E-state index is -0.303. The van der Waals surface area contributed by atoms with Gasteiger partial charge in [0.1, 0.15) is 11.3 Å². The van der Waals surface area contributed by atoms with Crippen molar-refractivity contribution in [1.29, 1.82) is 0 Å². The molecular formula is C23H18FN7. The van der Waals surface area contributed by atoms with Gasteiger partial charge >= 0.3 is 0 Å². The van der Waals surface area contributed by atoms with Gasteiger partial charge in [-0.2, -0.15) is 0 Å². The summed E-state index contributed by atoms with van der Waals surface area (Å²) in [6, 6.07) is 10.5. The Labute approximate surface area is 177 Å². The van der Waals surface area contributed by atoms with E-state index in [1.807, 2.05) is 25.1 Å². The van der Waals surface area contributed by atoms with E-state index < -0.39 is 0 Å². The normalized spacial score (nSPS) is 11.0. The van der Waals surface area contributed by atoms with Crippen molar-refractivity contribution in [3.8, 4) is 22.5 Å². The summed E-state index contributed by atoms with van der Waals surface area (Å²) >= 11 is 0. The average molecular weight is 411 g/mol. The van der Waals surface area contributed by atoms with E-state index in [-0.39, 0.29) is 5.82 Å². The van der Waals surface area contributed by atoms with Crippen molar-refractivity contribution in [3.63, 3.8) is 0 Å². The highest BCUT2D eigenvalue weighted by Gasteiger charge is 2.17. The number of fused-ring (bicyclic) bond motifs is 1. The summed E-state index contributed by atoms with van der Waals surface area (Å²) in [6.45, 7) is 2.38. The molecule has 0 spiro atoms. The van der Waals surface area contributed by atoms with Crippen LogP contribution < -0.4 is 5.32 Å². The van der Waals surface area contributed by atoms with Crippen LogP contribution in [0.2, 0.25) is 0 Å². The molecule has 1 N–H and O–H groups in total. The molecule has 152 valence electrons. The van der Waals surface area contributed by atoms with Gasteiger partial charge in [-0.1, -0.05) is 18.2 Å². The Morgan fingerprint density at radius 3 is 2.71 bits per heavy atom. The third-order valence-electron chi connectivity index (χ3n) is 4.86. The van der Waals surface area contributed by atoms with Gasteiger partial charge < -0.3 is 5.32 Å². The lowest BCUT2D eigenvalue weighted by Crippen LogP contribution is -2.08. The number of aromatic nitrogens is 6. The molecule has 0 saturated carbocycles. The van der Waals surface area contributed by atoms with Crippen LogP contribution in [0.5, 0.6) is 0 Å². The summed E-state index contributed by atoms with van der Waals surface area (Å²) in [6.07, 6.45) is 10.3. The minimum Gasteiger partial charge on any atom is -0.362 e. The fraction of sp³-hybridized carbons (Fsp3) is 0.0870. The molecule has 4 aromatic heterocycles. The third-order valence-corrected chi connectivity index (χ3v) is 4.86. The molecule has 0 bridgehead atoms. The molecule has 0 aliphatic rings. The van der Waals surface area contributed by atoms with Gasteiger partial charge in [0.05, 0.1) is 18.4 Å². The maximum atomic E-state index is 14.6. The maximum absolute atomic E-state index is 14.6. The smallest absolute Gasteiger partial charge is 0.183 e. The van der Waals surface area contributed by atoms with E-state index in [4.69, 9.17) is 4.98 Å². The van der Waals surface area contributed by atoms with Crippen LogP contribution in [0.4, 0.5) is 10.2 Å². The fourth-order valence-corrected chi connectivity index (χ4v) is 3.44. The number of nitrogens with one attached hydrogen (secondary N) is 1. The molecule has 0 aliphatic carbocycles. The molecule has 0 unspecified atom stereocenters. The van der Waals surface area contributed by atoms with Crippen LogP contribution in [0.1, 0.15) is 11.3 Å². The largest absolute Gasteiger partial charge is 0.362 e. The second kappa shape index (κ2) is 7.91. The van der Waals surface area contributed by atoms with Crippen molar-refractivity contribution in [2.75, 3.05) is 5.32 Å². The lowest BCUT2D eigenvalue weighted by Gasteiger charge is -2.12. The summed E-state index contributed by atoms with van der Waals surface area (Å²) in [5, 5.41) is 7.98. The first-order valence-corrected chi connectivity index (χ1v) is 9.74. The summed E-state index contributed by atoms with van der Waals surface area (Å²) in [5.74, 6) is 0.781. The summed E-state index contributed by atoms with van der Waals surface area (Å²) in [5.41, 5.74) is 4.44. The third kappa shape index (κ3) is 3.71. The van der Waals surface area contributed by atoms with Crippen LogP contribution in [0.15, 0.2) is 73.6 Å². The molecule has 0 atom stereocenters. The second-order valence-corrected chi connectivity index (χ2v) is 7.09. The Hall–Kier alpha value is -4.20. The first kappa shape index (κ1) is 18.8. The average Bonchev–Trinajstić information content (AvgIpc) is 3.22. The second-order valence-electron chi connectivity index (χ2n) is 7.09. The molecule has 0 amide bonds. The van der Waals surface area contributed by atoms with Crippen LogP contribution >= 0.6 is 0 Å². The van der Waals surface area contributed by atoms with Gasteiger partial charge in [0, 0.05) is 47.7 Å². The molecule has 7 nitrogen and oxygen atoms in total. The van der Waals surface area contributed by atoms with Gasteiger partial charge in [-0.15, -0.1) is 5.10 Å². The summed E-state index contributed by atoms with van der Waals surface area (Å²) in [7, 11) is 0. The molecular weight excluding hydrogens is 393 g/mol. The summed E-state index contributed by atoms with van der Waals surface area (Å²) in [4.78, 5) is 17.4. The van der Waals surface area contributed by atoms with E-state index >= 15 is 0 Å². The zero-order valence-electron chi connectivity index (χ0n) is 16.7. The number of benzene rings is 1. The highest BCUT2D eigenvalue weighted by atomic mass is 19.1. The van der Waals surface area contributed by atoms with Crippen molar-refractivity contribution in [3.05, 3.63) is 90.7 Å². The molecule has 4 heterocycles. The number of hydrogen-bond donors (Lipinski definition) is 1. The van der Waals surface area contributed by atoms with Gasteiger partial charge in [-0.25, -0.2) is 13.9 Å². The SMILES string of the molecule is Cc1cncc(-c2nc(NCc3cnccn3)c3c(-c4ccccc4F)ccn3n2)c1. The quantitative estimate of drug-likeness (QED) is 0.464. The highest BCUT2D eigenvalue weighted by molar-refractivity contribution is 5.89. The highest BCUT2D eigenvalue weighted by Crippen LogP contribution is 2.32. The molecule has 5 aromatic rings. The number of halogens is 1. The van der Waals surface area contributed by atoms with Crippen molar-refractivity contribution in [1.82, 2.24) is 29.5 Å². The predicted octanol–water partition coefficient (Wildman–Crippen LogP) is 4.31. The molecule has 31 heavy (non-hydrogen) atoms. The fourth-order valence-electron chi connectivity index (χ4n) is 3.44. The molecule has 0 saturated heterocycles. The molecule has 1 aromatic carbocycles. The molecule has 0 fully saturated rings. The number of aryl methyl sites for hydroxylation is 1. The van der Waals surface area contributed by atoms with Crippen molar-refractivity contribution >= 4 is 11.3 Å². The lowest BCUT2D eigenvalue weighted by atomic mass is 10.1. The van der Waals surface area contributed by atoms with E-state index in [9.17, 15) is 4.39 Å². The predicted molar refractivity (Wildman–Crippen MR) is 116 cm³/mol. The van der Waals surface area contributed by atoms with E-state index in [2.05, 4.69) is 25.4 Å². The Morgan fingerprint density at radius 2 is 1.90 bits per heavy atom. The van der Waals surface area contributed by atoms with Crippen LogP contribution in [0.3, 0.4) is 0 Å². The Balaban J connectivity index is 1.67. The lowest BCUT2D eigenvalue weighted by molar-refractivity contribution is 0.631. The zero-order valence-corrected chi connectivity index (χ0v) is 16.7. The monoisotopic (exact) mass is 411 g/mol. The van der Waals surface area contributed by atoms with Gasteiger partial charge in [0.15, 0.2) is 11.6 Å². The van der Waals surface area contributed by atoms with Crippen LogP contribution in [0.25, 0.3) is 28.0 Å². The molecule has 5 rings (SSSR count). The first-order chi connectivity index (χ1) is 15.2. The van der Waals surface area contributed by atoms with Crippen LogP contribution in [0, 0.1) is 12.7 Å². The number of hydrogen-bond acceptors (Lipinski definition) is 6. The standard InChI is InChI=1S/C23H18FN7/c1-15-10-16(12-26-11-15)22-29-23(28-14-17-13-25-7-8-27-17)21-19(6-9-31(21)30-22)18-4-2-3-5-20(18)24/h2-13H,14H2,1H3,(H,28,29,30). The number of nitrogens with zero attached hydrogens (tertiary/aromatic N) is 6. The summed E-state index contributed by atoms with van der Waals surface area (Å²) < 4.78 is 16.3. The minimum absolute atomic E-state index is 0.303. The van der Waals surface area contributed by atoms with Crippen molar-refractivity contribution in [2.24, 2.45) is 0 Å². The number of pyridine rings is 1. The maximum Gasteiger partial charge on any atom is 0.183 e. The van der Waals surface area contributed by atoms with Gasteiger partial charge in [-0.3, -0.25) is 15.0 Å². The van der Waals surface area contributed by atoms with E-state index in [0.29, 0.717) is 34.8 Å². The van der Waals surface area contributed by atoms with E-state index in [0.717, 1.165) is 16.8 Å². The van der Waals surface area contributed by atoms with Crippen molar-refractivity contribution in [2.45, 2.75) is 13.5 Å². The first-order valence-electron chi connectivity index (χ1n) is 9.74. The van der Waals surface area contributed by atoms with Gasteiger partial charge in [-0.05, 0) is 30.7 Å². The van der Waals surface area contributed by atoms with E-state index in [1.165, 1.54) is 6.07 Å². The zero-order chi connectivity index (χ0) is 21.2. The molecule has 0 aliphatic heterocycles. The Kier molecular flexibility index (Phi) is 4.80. The Morgan fingerprint density at radius 1 is 1.00 bits per heavy atom. The van der Waals surface area contributed by atoms with Gasteiger partial charge in [0.25, 0.3) is 0 Å². The number of rotatable bonds is 5.